The van der Waals surface area contributed by atoms with Gasteiger partial charge in [0.05, 0.1) is 6.10 Å². The van der Waals surface area contributed by atoms with E-state index in [2.05, 4.69) is 16.9 Å². The fraction of sp³-hybridized carbons (Fsp3) is 0.643. The maximum Gasteiger partial charge on any atom is 0.0695 e. The second kappa shape index (κ2) is 6.12. The Hall–Kier alpha value is -0.930. The number of hydrogen-bond donors (Lipinski definition) is 1. The molecule has 3 heteroatoms. The highest BCUT2D eigenvalue weighted by Crippen LogP contribution is 2.28. The van der Waals surface area contributed by atoms with Crippen LogP contribution in [0.3, 0.4) is 0 Å². The third kappa shape index (κ3) is 3.79. The summed E-state index contributed by atoms with van der Waals surface area (Å²) in [5.41, 5.74) is 1.25. The van der Waals surface area contributed by atoms with Crippen LogP contribution in [-0.4, -0.2) is 34.7 Å². The van der Waals surface area contributed by atoms with Crippen molar-refractivity contribution in [3.8, 4) is 0 Å². The first-order chi connectivity index (χ1) is 8.25. The van der Waals surface area contributed by atoms with Crippen molar-refractivity contribution in [2.24, 2.45) is 5.92 Å². The summed E-state index contributed by atoms with van der Waals surface area (Å²) in [6, 6.07) is 4.05. The zero-order valence-corrected chi connectivity index (χ0v) is 10.5. The summed E-state index contributed by atoms with van der Waals surface area (Å²) in [5, 5.41) is 10.1. The number of nitrogens with zero attached hydrogens (tertiary/aromatic N) is 2. The van der Waals surface area contributed by atoms with E-state index in [1.165, 1.54) is 31.2 Å². The predicted molar refractivity (Wildman–Crippen MR) is 68.5 cm³/mol. The number of aliphatic hydroxyl groups excluding tert-OH is 1. The Morgan fingerprint density at radius 1 is 1.35 bits per heavy atom. The minimum atomic E-state index is -0.163. The summed E-state index contributed by atoms with van der Waals surface area (Å²) >= 11 is 0. The second-order valence-electron chi connectivity index (χ2n) is 5.16. The van der Waals surface area contributed by atoms with Crippen molar-refractivity contribution in [1.82, 2.24) is 9.88 Å². The molecule has 1 unspecified atom stereocenters. The largest absolute Gasteiger partial charge is 0.392 e. The molecule has 1 aromatic rings. The maximum absolute atomic E-state index is 10.1. The van der Waals surface area contributed by atoms with Gasteiger partial charge in [-0.2, -0.15) is 0 Å². The molecule has 3 nitrogen and oxygen atoms in total. The molecule has 1 atom stereocenters. The highest BCUT2D eigenvalue weighted by Gasteiger charge is 2.23. The van der Waals surface area contributed by atoms with Crippen molar-refractivity contribution in [2.75, 3.05) is 13.6 Å². The smallest absolute Gasteiger partial charge is 0.0695 e. The lowest BCUT2D eigenvalue weighted by molar-refractivity contribution is 0.0725. The Labute approximate surface area is 103 Å². The summed E-state index contributed by atoms with van der Waals surface area (Å²) in [6.07, 6.45) is 8.44. The van der Waals surface area contributed by atoms with E-state index in [-0.39, 0.29) is 6.10 Å². The standard InChI is InChI=1S/C14H22N2O/c1-16(10-12-6-8-15-9-7-12)11-14(17)13-4-2-3-5-13/h6-9,13-14,17H,2-5,10-11H2,1H3. The zero-order valence-electron chi connectivity index (χ0n) is 10.5. The number of rotatable bonds is 5. The molecule has 0 aliphatic heterocycles. The molecule has 0 amide bonds. The van der Waals surface area contributed by atoms with Gasteiger partial charge in [0.25, 0.3) is 0 Å². The molecule has 1 fully saturated rings. The van der Waals surface area contributed by atoms with E-state index < -0.39 is 0 Å². The third-order valence-electron chi connectivity index (χ3n) is 3.64. The van der Waals surface area contributed by atoms with Gasteiger partial charge in [0.1, 0.15) is 0 Å². The molecular formula is C14H22N2O. The van der Waals surface area contributed by atoms with Crippen molar-refractivity contribution in [3.05, 3.63) is 30.1 Å². The number of aromatic nitrogens is 1. The molecule has 1 aromatic heterocycles. The first kappa shape index (κ1) is 12.5. The minimum absolute atomic E-state index is 0.163. The lowest BCUT2D eigenvalue weighted by Gasteiger charge is -2.24. The minimum Gasteiger partial charge on any atom is -0.392 e. The molecule has 0 aromatic carbocycles. The van der Waals surface area contributed by atoms with Gasteiger partial charge in [-0.3, -0.25) is 9.88 Å². The molecule has 2 rings (SSSR count). The van der Waals surface area contributed by atoms with Gasteiger partial charge < -0.3 is 5.11 Å². The molecule has 1 aliphatic carbocycles. The number of likely N-dealkylation sites (N-methyl/N-ethyl adjacent to an activating group) is 1. The summed E-state index contributed by atoms with van der Waals surface area (Å²) in [5.74, 6) is 0.523. The van der Waals surface area contributed by atoms with Crippen LogP contribution in [0.15, 0.2) is 24.5 Å². The Morgan fingerprint density at radius 2 is 2.00 bits per heavy atom. The van der Waals surface area contributed by atoms with Crippen molar-refractivity contribution in [1.29, 1.82) is 0 Å². The molecule has 1 aliphatic rings. The molecule has 17 heavy (non-hydrogen) atoms. The van der Waals surface area contributed by atoms with Crippen molar-refractivity contribution < 1.29 is 5.11 Å². The van der Waals surface area contributed by atoms with E-state index in [9.17, 15) is 5.11 Å². The quantitative estimate of drug-likeness (QED) is 0.847. The zero-order chi connectivity index (χ0) is 12.1. The van der Waals surface area contributed by atoms with Crippen LogP contribution in [-0.2, 0) is 6.54 Å². The van der Waals surface area contributed by atoms with E-state index in [1.807, 2.05) is 24.5 Å². The second-order valence-corrected chi connectivity index (χ2v) is 5.16. The average Bonchev–Trinajstić information content (AvgIpc) is 2.83. The fourth-order valence-corrected chi connectivity index (χ4v) is 2.67. The molecule has 1 heterocycles. The Morgan fingerprint density at radius 3 is 2.65 bits per heavy atom. The van der Waals surface area contributed by atoms with Crippen molar-refractivity contribution in [2.45, 2.75) is 38.3 Å². The third-order valence-corrected chi connectivity index (χ3v) is 3.64. The summed E-state index contributed by atoms with van der Waals surface area (Å²) in [6.45, 7) is 1.65. The molecule has 1 saturated carbocycles. The maximum atomic E-state index is 10.1. The molecule has 94 valence electrons. The van der Waals surface area contributed by atoms with Crippen molar-refractivity contribution in [3.63, 3.8) is 0 Å². The molecular weight excluding hydrogens is 212 g/mol. The SMILES string of the molecule is CN(Cc1ccncc1)CC(O)C1CCCC1. The lowest BCUT2D eigenvalue weighted by Crippen LogP contribution is -2.33. The van der Waals surface area contributed by atoms with E-state index in [0.29, 0.717) is 5.92 Å². The van der Waals surface area contributed by atoms with E-state index >= 15 is 0 Å². The molecule has 0 bridgehead atoms. The van der Waals surface area contributed by atoms with E-state index in [1.54, 1.807) is 0 Å². The summed E-state index contributed by atoms with van der Waals surface area (Å²) < 4.78 is 0. The number of pyridine rings is 1. The van der Waals surface area contributed by atoms with Crippen LogP contribution >= 0.6 is 0 Å². The van der Waals surface area contributed by atoms with Gasteiger partial charge in [-0.15, -0.1) is 0 Å². The van der Waals surface area contributed by atoms with Crippen LogP contribution in [0.4, 0.5) is 0 Å². The molecule has 1 N–H and O–H groups in total. The van der Waals surface area contributed by atoms with Gasteiger partial charge in [-0.1, -0.05) is 12.8 Å². The van der Waals surface area contributed by atoms with Crippen LogP contribution in [0.1, 0.15) is 31.2 Å². The first-order valence-electron chi connectivity index (χ1n) is 6.51. The van der Waals surface area contributed by atoms with E-state index in [4.69, 9.17) is 0 Å². The monoisotopic (exact) mass is 234 g/mol. The van der Waals surface area contributed by atoms with E-state index in [0.717, 1.165) is 13.1 Å². The first-order valence-corrected chi connectivity index (χ1v) is 6.51. The summed E-state index contributed by atoms with van der Waals surface area (Å²) in [4.78, 5) is 6.20. The average molecular weight is 234 g/mol. The Bertz CT molecular complexity index is 322. The van der Waals surface area contributed by atoms with Crippen LogP contribution in [0.5, 0.6) is 0 Å². The number of aliphatic hydroxyl groups is 1. The van der Waals surface area contributed by atoms with Gasteiger partial charge in [0.2, 0.25) is 0 Å². The molecule has 0 spiro atoms. The fourth-order valence-electron chi connectivity index (χ4n) is 2.67. The highest BCUT2D eigenvalue weighted by atomic mass is 16.3. The Balaban J connectivity index is 1.78. The Kier molecular flexibility index (Phi) is 4.51. The van der Waals surface area contributed by atoms with Gasteiger partial charge in [-0.05, 0) is 43.5 Å². The van der Waals surface area contributed by atoms with Crippen LogP contribution < -0.4 is 0 Å². The number of hydrogen-bond acceptors (Lipinski definition) is 3. The topological polar surface area (TPSA) is 36.4 Å². The van der Waals surface area contributed by atoms with Crippen LogP contribution in [0.25, 0.3) is 0 Å². The molecule has 0 saturated heterocycles. The van der Waals surface area contributed by atoms with Crippen LogP contribution in [0.2, 0.25) is 0 Å². The van der Waals surface area contributed by atoms with Crippen LogP contribution in [0, 0.1) is 5.92 Å². The van der Waals surface area contributed by atoms with Gasteiger partial charge in [0, 0.05) is 25.5 Å². The van der Waals surface area contributed by atoms with Gasteiger partial charge in [-0.25, -0.2) is 0 Å². The predicted octanol–water partition coefficient (Wildman–Crippen LogP) is 2.06. The van der Waals surface area contributed by atoms with Crippen molar-refractivity contribution >= 4 is 0 Å². The normalized spacial score (nSPS) is 18.8. The van der Waals surface area contributed by atoms with Gasteiger partial charge >= 0.3 is 0 Å². The molecule has 0 radical (unpaired) electrons. The lowest BCUT2D eigenvalue weighted by atomic mass is 10.0. The highest BCUT2D eigenvalue weighted by molar-refractivity contribution is 5.09. The summed E-state index contributed by atoms with van der Waals surface area (Å²) in [7, 11) is 2.07. The van der Waals surface area contributed by atoms with Gasteiger partial charge in [0.15, 0.2) is 0 Å².